The number of hydrogen-bond acceptors (Lipinski definition) is 2. The minimum atomic E-state index is 0.662. The molecule has 2 heteroatoms. The minimum absolute atomic E-state index is 0.662. The van der Waals surface area contributed by atoms with E-state index >= 15 is 0 Å². The predicted molar refractivity (Wildman–Crippen MR) is 41.1 cm³/mol. The van der Waals surface area contributed by atoms with Crippen molar-refractivity contribution < 1.29 is 0 Å². The Morgan fingerprint density at radius 1 is 1.67 bits per heavy atom. The van der Waals surface area contributed by atoms with E-state index in [1.165, 1.54) is 12.6 Å². The van der Waals surface area contributed by atoms with Crippen molar-refractivity contribution in [3.8, 4) is 0 Å². The maximum absolute atomic E-state index is 6.82. The maximum Gasteiger partial charge on any atom is -0.00451 e. The normalized spacial score (nSPS) is 13.1. The van der Waals surface area contributed by atoms with Gasteiger partial charge in [-0.25, -0.2) is 0 Å². The molecule has 0 fully saturated rings. The first-order valence-electron chi connectivity index (χ1n) is 3.44. The molecule has 0 unspecified atom stereocenters. The van der Waals surface area contributed by atoms with Gasteiger partial charge in [0.05, 0.1) is 0 Å². The first kappa shape index (κ1) is 8.63. The Balaban J connectivity index is 3.04. The average molecular weight is 128 g/mol. The van der Waals surface area contributed by atoms with E-state index in [1.54, 1.807) is 0 Å². The molecule has 0 spiro atoms. The fourth-order valence-electron chi connectivity index (χ4n) is 0.710. The Morgan fingerprint density at radius 2 is 2.33 bits per heavy atom. The van der Waals surface area contributed by atoms with Crippen molar-refractivity contribution in [1.82, 2.24) is 5.32 Å². The zero-order valence-corrected chi connectivity index (χ0v) is 6.28. The summed E-state index contributed by atoms with van der Waals surface area (Å²) in [6.45, 7) is 3.23. The molecule has 0 aliphatic heterocycles. The Kier molecular flexibility index (Phi) is 5.52. The lowest BCUT2D eigenvalue weighted by Gasteiger charge is -2.05. The van der Waals surface area contributed by atoms with Crippen LogP contribution in [0.15, 0.2) is 0 Å². The van der Waals surface area contributed by atoms with Crippen molar-refractivity contribution in [2.45, 2.75) is 19.8 Å². The summed E-state index contributed by atoms with van der Waals surface area (Å²) in [5.74, 6) is 0.662. The van der Waals surface area contributed by atoms with Gasteiger partial charge in [0.25, 0.3) is 0 Å². The first-order chi connectivity index (χ1) is 4.31. The van der Waals surface area contributed by atoms with Gasteiger partial charge in [-0.2, -0.15) is 0 Å². The van der Waals surface area contributed by atoms with E-state index < -0.39 is 0 Å². The lowest BCUT2D eigenvalue weighted by Crippen LogP contribution is -2.11. The summed E-state index contributed by atoms with van der Waals surface area (Å²) in [7, 11) is 1.96. The second-order valence-corrected chi connectivity index (χ2v) is 2.44. The van der Waals surface area contributed by atoms with Crippen molar-refractivity contribution in [2.24, 2.45) is 5.92 Å². The van der Waals surface area contributed by atoms with Crippen LogP contribution in [0.1, 0.15) is 19.8 Å². The quantitative estimate of drug-likeness (QED) is 0.537. The van der Waals surface area contributed by atoms with E-state index in [9.17, 15) is 0 Å². The second kappa shape index (κ2) is 5.76. The van der Waals surface area contributed by atoms with Crippen LogP contribution in [0.5, 0.6) is 0 Å². The van der Waals surface area contributed by atoms with Crippen molar-refractivity contribution >= 4 is 6.21 Å². The van der Waals surface area contributed by atoms with Gasteiger partial charge < -0.3 is 10.7 Å². The van der Waals surface area contributed by atoms with Gasteiger partial charge in [0.1, 0.15) is 0 Å². The highest BCUT2D eigenvalue weighted by molar-refractivity contribution is 5.53. The molecule has 0 aliphatic carbocycles. The van der Waals surface area contributed by atoms with Gasteiger partial charge in [0.2, 0.25) is 0 Å². The third-order valence-corrected chi connectivity index (χ3v) is 1.41. The molecule has 0 aliphatic rings. The SMILES string of the molecule is CNCC[C@H](C)CC=N. The molecule has 0 aromatic heterocycles. The van der Waals surface area contributed by atoms with Gasteiger partial charge in [0.15, 0.2) is 0 Å². The van der Waals surface area contributed by atoms with E-state index in [4.69, 9.17) is 5.41 Å². The molecule has 0 amide bonds. The molecular weight excluding hydrogens is 112 g/mol. The largest absolute Gasteiger partial charge is 0.320 e. The van der Waals surface area contributed by atoms with Crippen LogP contribution in [0.25, 0.3) is 0 Å². The molecule has 0 saturated heterocycles. The van der Waals surface area contributed by atoms with Crippen LogP contribution in [0.2, 0.25) is 0 Å². The Labute approximate surface area is 57.2 Å². The fraction of sp³-hybridized carbons (Fsp3) is 0.857. The van der Waals surface area contributed by atoms with Crippen LogP contribution in [0.3, 0.4) is 0 Å². The molecular formula is C7H16N2. The second-order valence-electron chi connectivity index (χ2n) is 2.44. The molecule has 0 saturated carbocycles. The molecule has 0 radical (unpaired) electrons. The van der Waals surface area contributed by atoms with Crippen molar-refractivity contribution in [2.75, 3.05) is 13.6 Å². The van der Waals surface area contributed by atoms with E-state index in [0.29, 0.717) is 5.92 Å². The summed E-state index contributed by atoms with van der Waals surface area (Å²) in [6.07, 6.45) is 3.58. The van der Waals surface area contributed by atoms with Crippen molar-refractivity contribution in [1.29, 1.82) is 5.41 Å². The van der Waals surface area contributed by atoms with Crippen molar-refractivity contribution in [3.63, 3.8) is 0 Å². The van der Waals surface area contributed by atoms with E-state index in [0.717, 1.165) is 13.0 Å². The van der Waals surface area contributed by atoms with Gasteiger partial charge in [-0.3, -0.25) is 0 Å². The standard InChI is InChI=1S/C7H16N2/c1-7(3-5-8)4-6-9-2/h5,7-9H,3-4,6H2,1-2H3/t7-/m1/s1. The van der Waals surface area contributed by atoms with E-state index in [1.807, 2.05) is 7.05 Å². The number of rotatable bonds is 5. The van der Waals surface area contributed by atoms with E-state index in [-0.39, 0.29) is 0 Å². The molecule has 1 atom stereocenters. The molecule has 54 valence electrons. The molecule has 0 bridgehead atoms. The van der Waals surface area contributed by atoms with Crippen LogP contribution >= 0.6 is 0 Å². The zero-order chi connectivity index (χ0) is 7.11. The third kappa shape index (κ3) is 5.50. The smallest absolute Gasteiger partial charge is 0.00451 e. The number of nitrogens with one attached hydrogen (secondary N) is 2. The molecule has 0 aromatic rings. The Morgan fingerprint density at radius 3 is 2.78 bits per heavy atom. The highest BCUT2D eigenvalue weighted by Gasteiger charge is 1.96. The predicted octanol–water partition coefficient (Wildman–Crippen LogP) is 1.27. The first-order valence-corrected chi connectivity index (χ1v) is 3.44. The van der Waals surface area contributed by atoms with Gasteiger partial charge in [-0.05, 0) is 38.6 Å². The summed E-state index contributed by atoms with van der Waals surface area (Å²) in [4.78, 5) is 0. The zero-order valence-electron chi connectivity index (χ0n) is 6.28. The highest BCUT2D eigenvalue weighted by atomic mass is 14.8. The lowest BCUT2D eigenvalue weighted by molar-refractivity contribution is 0.537. The Hall–Kier alpha value is -0.370. The van der Waals surface area contributed by atoms with Gasteiger partial charge >= 0.3 is 0 Å². The summed E-state index contributed by atoms with van der Waals surface area (Å²) in [6, 6.07) is 0. The monoisotopic (exact) mass is 128 g/mol. The lowest BCUT2D eigenvalue weighted by atomic mass is 10.1. The van der Waals surface area contributed by atoms with Crippen LogP contribution in [0, 0.1) is 11.3 Å². The van der Waals surface area contributed by atoms with Crippen LogP contribution in [-0.2, 0) is 0 Å². The summed E-state index contributed by atoms with van der Waals surface area (Å²) < 4.78 is 0. The summed E-state index contributed by atoms with van der Waals surface area (Å²) in [5, 5.41) is 9.91. The Bertz CT molecular complexity index is 71.3. The number of hydrogen-bond donors (Lipinski definition) is 2. The van der Waals surface area contributed by atoms with Crippen LogP contribution in [-0.4, -0.2) is 19.8 Å². The molecule has 0 rings (SSSR count). The molecule has 0 aromatic carbocycles. The maximum atomic E-state index is 6.82. The van der Waals surface area contributed by atoms with Gasteiger partial charge in [0, 0.05) is 0 Å². The topological polar surface area (TPSA) is 35.9 Å². The van der Waals surface area contributed by atoms with Crippen LogP contribution < -0.4 is 5.32 Å². The fourth-order valence-corrected chi connectivity index (χ4v) is 0.710. The molecule has 9 heavy (non-hydrogen) atoms. The highest BCUT2D eigenvalue weighted by Crippen LogP contribution is 2.02. The molecule has 2 nitrogen and oxygen atoms in total. The third-order valence-electron chi connectivity index (χ3n) is 1.41. The minimum Gasteiger partial charge on any atom is -0.320 e. The van der Waals surface area contributed by atoms with Gasteiger partial charge in [-0.15, -0.1) is 0 Å². The molecule has 0 heterocycles. The van der Waals surface area contributed by atoms with Crippen LogP contribution in [0.4, 0.5) is 0 Å². The van der Waals surface area contributed by atoms with Gasteiger partial charge in [-0.1, -0.05) is 6.92 Å². The average Bonchev–Trinajstić information content (AvgIpc) is 1.85. The summed E-state index contributed by atoms with van der Waals surface area (Å²) >= 11 is 0. The van der Waals surface area contributed by atoms with E-state index in [2.05, 4.69) is 12.2 Å². The summed E-state index contributed by atoms with van der Waals surface area (Å²) in [5.41, 5.74) is 0. The van der Waals surface area contributed by atoms with Crippen molar-refractivity contribution in [3.05, 3.63) is 0 Å². The molecule has 2 N–H and O–H groups in total.